The lowest BCUT2D eigenvalue weighted by Gasteiger charge is -2.31. The van der Waals surface area contributed by atoms with E-state index in [9.17, 15) is 0 Å². The zero-order valence-electron chi connectivity index (χ0n) is 13.0. The second kappa shape index (κ2) is 6.61. The Morgan fingerprint density at radius 2 is 1.86 bits per heavy atom. The molecule has 0 radical (unpaired) electrons. The van der Waals surface area contributed by atoms with E-state index in [1.807, 2.05) is 34.9 Å². The number of nitrogens with zero attached hydrogens (tertiary/aromatic N) is 2. The standard InChI is InChI=1S/C16H25N5/c1-3-4-5-9-12-16(2)20-14(17)19-15(18)21(16)13-10-7-6-8-11-13/h6-8,10-11H,3-5,9,12H2,1-2H3,(H4,17,18,19,20)/p+1. The molecular weight excluding hydrogens is 262 g/mol. The summed E-state index contributed by atoms with van der Waals surface area (Å²) in [5.41, 5.74) is 12.6. The first-order valence-corrected chi connectivity index (χ1v) is 7.67. The summed E-state index contributed by atoms with van der Waals surface area (Å²) < 4.78 is 2.04. The van der Waals surface area contributed by atoms with Gasteiger partial charge < -0.3 is 5.73 Å². The Kier molecular flexibility index (Phi) is 4.83. The maximum absolute atomic E-state index is 6.18. The molecule has 0 saturated heterocycles. The minimum atomic E-state index is -0.436. The predicted molar refractivity (Wildman–Crippen MR) is 87.5 cm³/mol. The van der Waals surface area contributed by atoms with Gasteiger partial charge in [0.1, 0.15) is 5.69 Å². The van der Waals surface area contributed by atoms with Crippen LogP contribution >= 0.6 is 0 Å². The Labute approximate surface area is 126 Å². The smallest absolute Gasteiger partial charge is 0.357 e. The summed E-state index contributed by atoms with van der Waals surface area (Å²) in [5, 5.41) is 2.93. The molecular formula is C16H26N5+. The topological polar surface area (TPSA) is 79.4 Å². The Morgan fingerprint density at radius 1 is 1.14 bits per heavy atom. The molecule has 1 unspecified atom stereocenters. The highest BCUT2D eigenvalue weighted by Gasteiger charge is 2.37. The fourth-order valence-corrected chi connectivity index (χ4v) is 2.83. The lowest BCUT2D eigenvalue weighted by atomic mass is 10.0. The number of hydrogen-bond donors (Lipinski definition) is 3. The zero-order valence-corrected chi connectivity index (χ0v) is 13.0. The molecule has 0 amide bonds. The van der Waals surface area contributed by atoms with E-state index >= 15 is 0 Å². The molecule has 21 heavy (non-hydrogen) atoms. The van der Waals surface area contributed by atoms with Gasteiger partial charge in [0.15, 0.2) is 5.66 Å². The number of nitrogens with two attached hydrogens (primary N) is 2. The number of unbranched alkanes of at least 4 members (excludes halogenated alkanes) is 3. The van der Waals surface area contributed by atoms with Crippen LogP contribution in [0.2, 0.25) is 0 Å². The molecule has 5 N–H and O–H groups in total. The van der Waals surface area contributed by atoms with Crippen LogP contribution in [0.1, 0.15) is 46.0 Å². The highest BCUT2D eigenvalue weighted by molar-refractivity contribution is 5.96. The Hall–Kier alpha value is -2.04. The molecule has 1 aromatic rings. The van der Waals surface area contributed by atoms with Gasteiger partial charge in [-0.2, -0.15) is 4.99 Å². The van der Waals surface area contributed by atoms with Gasteiger partial charge in [0, 0.05) is 6.42 Å². The second-order valence-electron chi connectivity index (χ2n) is 5.71. The van der Waals surface area contributed by atoms with Crippen molar-refractivity contribution in [2.75, 3.05) is 0 Å². The van der Waals surface area contributed by atoms with Gasteiger partial charge in [0.05, 0.1) is 0 Å². The molecule has 0 bridgehead atoms. The average Bonchev–Trinajstić information content (AvgIpc) is 2.44. The number of nitrogens with one attached hydrogen (secondary N) is 1. The summed E-state index contributed by atoms with van der Waals surface area (Å²) in [4.78, 5) is 4.63. The van der Waals surface area contributed by atoms with Crippen LogP contribution in [0.15, 0.2) is 35.3 Å². The van der Waals surface area contributed by atoms with E-state index in [1.54, 1.807) is 0 Å². The SMILES string of the molecule is CCCCCCC1(C)N=C(N)NC(N)=[N+]1c1ccccc1. The number of hydrogen-bond acceptors (Lipinski definition) is 4. The van der Waals surface area contributed by atoms with Gasteiger partial charge >= 0.3 is 5.96 Å². The molecule has 2 rings (SSSR count). The van der Waals surface area contributed by atoms with Crippen molar-refractivity contribution in [3.8, 4) is 0 Å². The Morgan fingerprint density at radius 3 is 2.52 bits per heavy atom. The normalized spacial score (nSPS) is 21.9. The van der Waals surface area contributed by atoms with Crippen molar-refractivity contribution in [3.05, 3.63) is 30.3 Å². The molecule has 5 nitrogen and oxygen atoms in total. The van der Waals surface area contributed by atoms with Crippen molar-refractivity contribution < 1.29 is 4.58 Å². The van der Waals surface area contributed by atoms with Crippen molar-refractivity contribution in [2.45, 2.75) is 51.6 Å². The summed E-state index contributed by atoms with van der Waals surface area (Å²) >= 11 is 0. The molecule has 1 aliphatic rings. The first-order chi connectivity index (χ1) is 10.1. The molecule has 1 heterocycles. The van der Waals surface area contributed by atoms with E-state index in [0.29, 0.717) is 11.9 Å². The van der Waals surface area contributed by atoms with E-state index in [-0.39, 0.29) is 0 Å². The van der Waals surface area contributed by atoms with Gasteiger partial charge in [-0.3, -0.25) is 5.73 Å². The predicted octanol–water partition coefficient (Wildman–Crippen LogP) is 2.25. The van der Waals surface area contributed by atoms with Gasteiger partial charge in [-0.1, -0.05) is 44.4 Å². The monoisotopic (exact) mass is 288 g/mol. The van der Waals surface area contributed by atoms with Gasteiger partial charge in [-0.05, 0) is 25.5 Å². The number of benzene rings is 1. The third kappa shape index (κ3) is 3.54. The first-order valence-electron chi connectivity index (χ1n) is 7.67. The molecule has 5 heteroatoms. The van der Waals surface area contributed by atoms with Crippen LogP contribution in [0.5, 0.6) is 0 Å². The third-order valence-electron chi connectivity index (χ3n) is 3.86. The number of para-hydroxylation sites is 1. The molecule has 1 atom stereocenters. The average molecular weight is 288 g/mol. The second-order valence-corrected chi connectivity index (χ2v) is 5.71. The molecule has 1 aliphatic heterocycles. The number of aliphatic imine (C=N–C) groups is 1. The molecule has 114 valence electrons. The lowest BCUT2D eigenvalue weighted by Crippen LogP contribution is -2.56. The zero-order chi connectivity index (χ0) is 15.3. The van der Waals surface area contributed by atoms with Crippen LogP contribution in [0.25, 0.3) is 0 Å². The molecule has 0 aliphatic carbocycles. The highest BCUT2D eigenvalue weighted by Crippen LogP contribution is 2.29. The van der Waals surface area contributed by atoms with Gasteiger partial charge in [0.2, 0.25) is 0 Å². The van der Waals surface area contributed by atoms with Crippen molar-refractivity contribution >= 4 is 17.6 Å². The van der Waals surface area contributed by atoms with Crippen LogP contribution < -0.4 is 16.8 Å². The van der Waals surface area contributed by atoms with Crippen LogP contribution in [0.4, 0.5) is 5.69 Å². The maximum atomic E-state index is 6.18. The quantitative estimate of drug-likeness (QED) is 0.555. The maximum Gasteiger partial charge on any atom is 0.357 e. The Balaban J connectivity index is 2.27. The lowest BCUT2D eigenvalue weighted by molar-refractivity contribution is -0.534. The molecule has 1 aromatic carbocycles. The van der Waals surface area contributed by atoms with E-state index in [4.69, 9.17) is 11.5 Å². The van der Waals surface area contributed by atoms with E-state index in [0.717, 1.165) is 18.5 Å². The summed E-state index contributed by atoms with van der Waals surface area (Å²) in [6, 6.07) is 10.1. The molecule has 0 aromatic heterocycles. The van der Waals surface area contributed by atoms with Gasteiger partial charge in [-0.25, -0.2) is 9.89 Å². The van der Waals surface area contributed by atoms with Crippen molar-refractivity contribution in [1.82, 2.24) is 5.32 Å². The van der Waals surface area contributed by atoms with Crippen LogP contribution in [0.3, 0.4) is 0 Å². The van der Waals surface area contributed by atoms with Crippen LogP contribution in [-0.4, -0.2) is 22.2 Å². The van der Waals surface area contributed by atoms with E-state index < -0.39 is 5.66 Å². The van der Waals surface area contributed by atoms with Gasteiger partial charge in [0.25, 0.3) is 5.96 Å². The van der Waals surface area contributed by atoms with Crippen molar-refractivity contribution in [2.24, 2.45) is 16.5 Å². The van der Waals surface area contributed by atoms with E-state index in [2.05, 4.69) is 24.2 Å². The molecule has 0 fully saturated rings. The largest absolute Gasteiger partial charge is 0.357 e. The van der Waals surface area contributed by atoms with Crippen LogP contribution in [0, 0.1) is 0 Å². The summed E-state index contributed by atoms with van der Waals surface area (Å²) in [5.74, 6) is 0.921. The summed E-state index contributed by atoms with van der Waals surface area (Å²) in [7, 11) is 0. The van der Waals surface area contributed by atoms with Crippen LogP contribution in [-0.2, 0) is 0 Å². The fourth-order valence-electron chi connectivity index (χ4n) is 2.83. The van der Waals surface area contributed by atoms with Gasteiger partial charge in [-0.15, -0.1) is 0 Å². The highest BCUT2D eigenvalue weighted by atomic mass is 15.4. The number of rotatable bonds is 6. The first kappa shape index (κ1) is 15.4. The van der Waals surface area contributed by atoms with E-state index in [1.165, 1.54) is 19.3 Å². The molecule has 0 spiro atoms. The van der Waals surface area contributed by atoms with Crippen molar-refractivity contribution in [3.63, 3.8) is 0 Å². The minimum Gasteiger partial charge on any atom is -0.357 e. The summed E-state index contributed by atoms with van der Waals surface area (Å²) in [6.45, 7) is 4.30. The molecule has 0 saturated carbocycles. The van der Waals surface area contributed by atoms with Crippen molar-refractivity contribution in [1.29, 1.82) is 0 Å². The third-order valence-corrected chi connectivity index (χ3v) is 3.86. The Bertz CT molecular complexity index is 535. The fraction of sp³-hybridized carbons (Fsp3) is 0.500. The number of guanidine groups is 2. The summed E-state index contributed by atoms with van der Waals surface area (Å²) in [6.07, 6.45) is 5.71. The minimum absolute atomic E-state index is 0.387.